The van der Waals surface area contributed by atoms with Crippen LogP contribution in [-0.2, 0) is 23.9 Å². The molecule has 41 heavy (non-hydrogen) atoms. The molecule has 2 aromatic carbocycles. The van der Waals surface area contributed by atoms with Gasteiger partial charge in [0, 0.05) is 6.54 Å². The van der Waals surface area contributed by atoms with Crippen molar-refractivity contribution in [2.75, 3.05) is 24.7 Å². The van der Waals surface area contributed by atoms with Crippen molar-refractivity contribution in [2.45, 2.75) is 49.5 Å². The number of hydrogen-bond acceptors (Lipinski definition) is 6. The number of rotatable bonds is 11. The molecule has 216 valence electrons. The molecule has 0 aliphatic carbocycles. The zero-order valence-corrected chi connectivity index (χ0v) is 23.8. The average molecular weight is 579 g/mol. The van der Waals surface area contributed by atoms with E-state index >= 15 is 0 Å². The summed E-state index contributed by atoms with van der Waals surface area (Å²) >= 11 is 6.55. The first-order valence-corrected chi connectivity index (χ1v) is 14.3. The lowest BCUT2D eigenvalue weighted by atomic mass is 9.65. The fourth-order valence-corrected chi connectivity index (χ4v) is 7.38. The van der Waals surface area contributed by atoms with Crippen LogP contribution in [0.25, 0.3) is 0 Å². The summed E-state index contributed by atoms with van der Waals surface area (Å²) in [5.41, 5.74) is -1.12. The largest absolute Gasteiger partial charge is 0.461 e. The summed E-state index contributed by atoms with van der Waals surface area (Å²) in [6.07, 6.45) is 4.42. The van der Waals surface area contributed by atoms with Gasteiger partial charge in [-0.05, 0) is 37.0 Å². The van der Waals surface area contributed by atoms with Crippen LogP contribution >= 0.6 is 11.6 Å². The zero-order chi connectivity index (χ0) is 29.4. The minimum Gasteiger partial charge on any atom is -0.461 e. The Labute approximate surface area is 245 Å². The van der Waals surface area contributed by atoms with E-state index in [-0.39, 0.29) is 13.2 Å². The van der Waals surface area contributed by atoms with Crippen molar-refractivity contribution in [3.63, 3.8) is 0 Å². The van der Waals surface area contributed by atoms with Crippen LogP contribution < -0.4 is 4.90 Å². The highest BCUT2D eigenvalue weighted by Crippen LogP contribution is 2.65. The minimum atomic E-state index is -1.30. The van der Waals surface area contributed by atoms with Gasteiger partial charge in [0.25, 0.3) is 5.91 Å². The molecule has 2 amide bonds. The lowest BCUT2D eigenvalue weighted by Crippen LogP contribution is -2.57. The maximum Gasteiger partial charge on any atom is 0.313 e. The number of carbonyl (C=O) groups excluding carboxylic acids is 3. The monoisotopic (exact) mass is 578 g/mol. The number of aliphatic hydroxyl groups excluding tert-OH is 1. The third-order valence-electron chi connectivity index (χ3n) is 8.86. The molecule has 3 aliphatic rings. The van der Waals surface area contributed by atoms with Crippen molar-refractivity contribution in [1.82, 2.24) is 4.90 Å². The van der Waals surface area contributed by atoms with Crippen LogP contribution in [0.1, 0.15) is 37.8 Å². The summed E-state index contributed by atoms with van der Waals surface area (Å²) in [6, 6.07) is 14.1. The number of carbonyl (C=O) groups is 3. The summed E-state index contributed by atoms with van der Waals surface area (Å²) in [6.45, 7) is 9.08. The smallest absolute Gasteiger partial charge is 0.313 e. The third-order valence-corrected chi connectivity index (χ3v) is 9.18. The first kappa shape index (κ1) is 29.0. The number of hydrogen-bond donors (Lipinski definition) is 1. The minimum absolute atomic E-state index is 0.00197. The molecule has 2 aromatic rings. The molecule has 3 heterocycles. The van der Waals surface area contributed by atoms with E-state index in [9.17, 15) is 19.5 Å². The van der Waals surface area contributed by atoms with E-state index in [1.54, 1.807) is 42.5 Å². The summed E-state index contributed by atoms with van der Waals surface area (Å²) in [7, 11) is 0. The molecule has 0 radical (unpaired) electrons. The second-order valence-electron chi connectivity index (χ2n) is 10.8. The Morgan fingerprint density at radius 3 is 2.51 bits per heavy atom. The van der Waals surface area contributed by atoms with Gasteiger partial charge in [0.2, 0.25) is 5.91 Å². The van der Waals surface area contributed by atoms with Gasteiger partial charge in [-0.2, -0.15) is 0 Å². The number of benzene rings is 2. The Hall–Kier alpha value is -3.46. The molecule has 8 nitrogen and oxygen atoms in total. The standard InChI is InChI=1S/C32H35ClN2O6/c1-4-18-34(23-15-11-10-14-22(23)33)29(38)27-32-17-16-31(6-3,41-32)26(30(39)40-19-5-2)25(32)28(37)35(27)24(20-36)21-12-8-7-9-13-21/h4-5,7-15,24-27,36H,1-2,6,16-20H2,3H3/t24-,25+,26+,27?,31-,32?/m1/s1. The molecule has 0 saturated carbocycles. The number of esters is 1. The van der Waals surface area contributed by atoms with Crippen molar-refractivity contribution >= 4 is 35.1 Å². The van der Waals surface area contributed by atoms with Gasteiger partial charge in [0.15, 0.2) is 0 Å². The first-order chi connectivity index (χ1) is 19.8. The highest BCUT2D eigenvalue weighted by molar-refractivity contribution is 6.34. The van der Waals surface area contributed by atoms with Gasteiger partial charge < -0.3 is 24.4 Å². The number of anilines is 1. The van der Waals surface area contributed by atoms with Crippen molar-refractivity contribution in [3.05, 3.63) is 90.5 Å². The number of ether oxygens (including phenoxy) is 2. The van der Waals surface area contributed by atoms with Crippen LogP contribution in [-0.4, -0.2) is 64.8 Å². The molecule has 5 rings (SSSR count). The first-order valence-electron chi connectivity index (χ1n) is 13.9. The molecule has 0 aromatic heterocycles. The van der Waals surface area contributed by atoms with Gasteiger partial charge in [-0.15, -0.1) is 6.58 Å². The van der Waals surface area contributed by atoms with E-state index in [0.29, 0.717) is 35.5 Å². The maximum absolute atomic E-state index is 14.8. The van der Waals surface area contributed by atoms with Crippen LogP contribution in [0.15, 0.2) is 79.9 Å². The zero-order valence-electron chi connectivity index (χ0n) is 23.1. The van der Waals surface area contributed by atoms with Gasteiger partial charge >= 0.3 is 5.97 Å². The van der Waals surface area contributed by atoms with Gasteiger partial charge in [-0.1, -0.05) is 79.7 Å². The number of fused-ring (bicyclic) bond motifs is 1. The molecule has 9 heteroatoms. The third kappa shape index (κ3) is 4.49. The van der Waals surface area contributed by atoms with Crippen molar-refractivity contribution < 1.29 is 29.0 Å². The molecule has 2 unspecified atom stereocenters. The van der Waals surface area contributed by atoms with Crippen molar-refractivity contribution in [2.24, 2.45) is 11.8 Å². The lowest BCUT2D eigenvalue weighted by Gasteiger charge is -2.39. The number of amides is 2. The number of aliphatic hydroxyl groups is 1. The van der Waals surface area contributed by atoms with Crippen LogP contribution in [0.5, 0.6) is 0 Å². The second kappa shape index (κ2) is 11.4. The predicted octanol–water partition coefficient (Wildman–Crippen LogP) is 4.48. The SMILES string of the molecule is C=CCOC(=O)[C@@H]1[C@H]2C(=O)N([C@H](CO)c3ccccc3)C(C(=O)N(CC=C)c3ccccc3Cl)C23CC[C@@]1(CC)O3. The Morgan fingerprint density at radius 1 is 1.17 bits per heavy atom. The molecule has 3 aliphatic heterocycles. The van der Waals surface area contributed by atoms with E-state index in [0.717, 1.165) is 0 Å². The summed E-state index contributed by atoms with van der Waals surface area (Å²) in [5.74, 6) is -3.25. The average Bonchev–Trinajstić information content (AvgIpc) is 3.60. The molecule has 1 spiro atoms. The van der Waals surface area contributed by atoms with Gasteiger partial charge in [-0.25, -0.2) is 0 Å². The van der Waals surface area contributed by atoms with Crippen LogP contribution in [0, 0.1) is 11.8 Å². The summed E-state index contributed by atoms with van der Waals surface area (Å²) in [4.78, 5) is 45.9. The Bertz CT molecular complexity index is 1350. The predicted molar refractivity (Wildman–Crippen MR) is 155 cm³/mol. The number of halogens is 1. The van der Waals surface area contributed by atoms with E-state index in [4.69, 9.17) is 21.1 Å². The molecule has 1 N–H and O–H groups in total. The normalized spacial score (nSPS) is 28.7. The lowest BCUT2D eigenvalue weighted by molar-refractivity contribution is -0.161. The number of nitrogens with zero attached hydrogens (tertiary/aromatic N) is 2. The summed E-state index contributed by atoms with van der Waals surface area (Å²) in [5, 5.41) is 11.0. The van der Waals surface area contributed by atoms with Crippen LogP contribution in [0.4, 0.5) is 5.69 Å². The maximum atomic E-state index is 14.8. The highest BCUT2D eigenvalue weighted by Gasteiger charge is 2.79. The second-order valence-corrected chi connectivity index (χ2v) is 11.2. The quantitative estimate of drug-likeness (QED) is 0.312. The fourth-order valence-electron chi connectivity index (χ4n) is 7.14. The number of para-hydroxylation sites is 1. The summed E-state index contributed by atoms with van der Waals surface area (Å²) < 4.78 is 12.3. The fraction of sp³-hybridized carbons (Fsp3) is 0.406. The van der Waals surface area contributed by atoms with Crippen LogP contribution in [0.3, 0.4) is 0 Å². The Morgan fingerprint density at radius 2 is 1.88 bits per heavy atom. The molecule has 3 saturated heterocycles. The van der Waals surface area contributed by atoms with Crippen molar-refractivity contribution in [3.8, 4) is 0 Å². The van der Waals surface area contributed by atoms with E-state index < -0.39 is 59.5 Å². The van der Waals surface area contributed by atoms with E-state index in [1.165, 1.54) is 15.9 Å². The molecule has 3 fully saturated rings. The van der Waals surface area contributed by atoms with Gasteiger partial charge in [0.05, 0.1) is 34.9 Å². The van der Waals surface area contributed by atoms with Crippen LogP contribution in [0.2, 0.25) is 5.02 Å². The van der Waals surface area contributed by atoms with Gasteiger partial charge in [0.1, 0.15) is 24.2 Å². The molecular weight excluding hydrogens is 544 g/mol. The Kier molecular flexibility index (Phi) is 8.10. The van der Waals surface area contributed by atoms with Crippen molar-refractivity contribution in [1.29, 1.82) is 0 Å². The highest BCUT2D eigenvalue weighted by atomic mass is 35.5. The van der Waals surface area contributed by atoms with E-state index in [2.05, 4.69) is 13.2 Å². The van der Waals surface area contributed by atoms with Gasteiger partial charge in [-0.3, -0.25) is 14.4 Å². The molecule has 6 atom stereocenters. The van der Waals surface area contributed by atoms with E-state index in [1.807, 2.05) is 25.1 Å². The molecular formula is C32H35ClN2O6. The number of likely N-dealkylation sites (tertiary alicyclic amines) is 1. The molecule has 2 bridgehead atoms. The Balaban J connectivity index is 1.69. The topological polar surface area (TPSA) is 96.4 Å².